The topological polar surface area (TPSA) is 82.6 Å². The number of fused-ring (bicyclic) bond motifs is 1. The summed E-state index contributed by atoms with van der Waals surface area (Å²) in [5, 5.41) is 3.16. The first-order valence-corrected chi connectivity index (χ1v) is 11.2. The van der Waals surface area contributed by atoms with Crippen LogP contribution in [0.25, 0.3) is 0 Å². The van der Waals surface area contributed by atoms with Gasteiger partial charge < -0.3 is 4.90 Å². The summed E-state index contributed by atoms with van der Waals surface area (Å²) in [6.07, 6.45) is 2.12. The Morgan fingerprint density at radius 1 is 1.26 bits per heavy atom. The molecule has 4 rings (SSSR count). The van der Waals surface area contributed by atoms with Gasteiger partial charge in [-0.15, -0.1) is 11.3 Å². The zero-order valence-corrected chi connectivity index (χ0v) is 16.9. The SMILES string of the molecule is CN(C)c1ccc(C(=O)Nc2nc3c(s2)CN(S(=O)(=O)C2CC2)CC3)cc1. The van der Waals surface area contributed by atoms with Crippen LogP contribution in [0.15, 0.2) is 24.3 Å². The molecule has 1 aliphatic heterocycles. The zero-order chi connectivity index (χ0) is 19.2. The van der Waals surface area contributed by atoms with Crippen molar-refractivity contribution in [1.29, 1.82) is 0 Å². The van der Waals surface area contributed by atoms with Crippen LogP contribution in [-0.2, 0) is 23.0 Å². The smallest absolute Gasteiger partial charge is 0.257 e. The van der Waals surface area contributed by atoms with E-state index in [2.05, 4.69) is 10.3 Å². The maximum Gasteiger partial charge on any atom is 0.257 e. The third-order valence-corrected chi connectivity index (χ3v) is 8.21. The van der Waals surface area contributed by atoms with Gasteiger partial charge in [0.15, 0.2) is 5.13 Å². The molecule has 1 fully saturated rings. The second kappa shape index (κ2) is 6.88. The van der Waals surface area contributed by atoms with Gasteiger partial charge >= 0.3 is 0 Å². The van der Waals surface area contributed by atoms with Crippen molar-refractivity contribution in [3.8, 4) is 0 Å². The minimum atomic E-state index is -3.18. The molecule has 144 valence electrons. The molecule has 0 radical (unpaired) electrons. The van der Waals surface area contributed by atoms with E-state index in [1.165, 1.54) is 11.3 Å². The fourth-order valence-corrected chi connectivity index (χ4v) is 6.01. The van der Waals surface area contributed by atoms with Gasteiger partial charge in [-0.1, -0.05) is 0 Å². The first-order chi connectivity index (χ1) is 12.8. The van der Waals surface area contributed by atoms with Crippen molar-refractivity contribution in [3.63, 3.8) is 0 Å². The van der Waals surface area contributed by atoms with Gasteiger partial charge in [0.2, 0.25) is 10.0 Å². The van der Waals surface area contributed by atoms with Crippen molar-refractivity contribution in [1.82, 2.24) is 9.29 Å². The minimum Gasteiger partial charge on any atom is -0.378 e. The molecule has 1 aromatic carbocycles. The summed E-state index contributed by atoms with van der Waals surface area (Å²) in [5.74, 6) is -0.214. The molecule has 7 nitrogen and oxygen atoms in total. The number of carbonyl (C=O) groups is 1. The number of hydrogen-bond donors (Lipinski definition) is 1. The molecule has 1 saturated carbocycles. The van der Waals surface area contributed by atoms with Crippen LogP contribution in [-0.4, -0.2) is 49.5 Å². The van der Waals surface area contributed by atoms with Crippen molar-refractivity contribution < 1.29 is 13.2 Å². The first kappa shape index (κ1) is 18.4. The molecule has 2 aromatic rings. The van der Waals surface area contributed by atoms with Crippen LogP contribution in [0.2, 0.25) is 0 Å². The van der Waals surface area contributed by atoms with E-state index >= 15 is 0 Å². The Bertz CT molecular complexity index is 963. The van der Waals surface area contributed by atoms with Crippen LogP contribution < -0.4 is 10.2 Å². The predicted octanol–water partition coefficient (Wildman–Crippen LogP) is 2.31. The number of carbonyl (C=O) groups excluding carboxylic acids is 1. The van der Waals surface area contributed by atoms with E-state index < -0.39 is 10.0 Å². The average Bonchev–Trinajstić information content (AvgIpc) is 3.42. The largest absolute Gasteiger partial charge is 0.378 e. The molecule has 0 atom stereocenters. The summed E-state index contributed by atoms with van der Waals surface area (Å²) in [7, 11) is 0.714. The maximum atomic E-state index is 12.5. The molecule has 2 heterocycles. The molecule has 0 bridgehead atoms. The molecule has 1 amide bonds. The summed E-state index contributed by atoms with van der Waals surface area (Å²) in [4.78, 5) is 19.9. The van der Waals surface area contributed by atoms with Crippen LogP contribution in [0.1, 0.15) is 33.8 Å². The Morgan fingerprint density at radius 2 is 1.96 bits per heavy atom. The summed E-state index contributed by atoms with van der Waals surface area (Å²) in [6, 6.07) is 7.34. The zero-order valence-electron chi connectivity index (χ0n) is 15.3. The number of nitrogens with one attached hydrogen (secondary N) is 1. The van der Waals surface area contributed by atoms with E-state index in [9.17, 15) is 13.2 Å². The Labute approximate surface area is 163 Å². The predicted molar refractivity (Wildman–Crippen MR) is 107 cm³/mol. The number of hydrogen-bond acceptors (Lipinski definition) is 6. The van der Waals surface area contributed by atoms with Crippen LogP contribution >= 0.6 is 11.3 Å². The van der Waals surface area contributed by atoms with Gasteiger partial charge in [0.25, 0.3) is 5.91 Å². The van der Waals surface area contributed by atoms with Gasteiger partial charge in [-0.05, 0) is 37.1 Å². The van der Waals surface area contributed by atoms with Gasteiger partial charge in [0.1, 0.15) is 0 Å². The Hall–Kier alpha value is -1.97. The summed E-state index contributed by atoms with van der Waals surface area (Å²) in [6.45, 7) is 0.828. The quantitative estimate of drug-likeness (QED) is 0.824. The fourth-order valence-electron chi connectivity index (χ4n) is 3.10. The molecule has 0 unspecified atom stereocenters. The second-order valence-electron chi connectivity index (χ2n) is 7.11. The number of rotatable bonds is 5. The lowest BCUT2D eigenvalue weighted by Gasteiger charge is -2.25. The van der Waals surface area contributed by atoms with E-state index in [1.54, 1.807) is 16.4 Å². The van der Waals surface area contributed by atoms with Crippen LogP contribution in [0, 0.1) is 0 Å². The third-order valence-electron chi connectivity index (χ3n) is 4.87. The molecular weight excluding hydrogens is 384 g/mol. The minimum absolute atomic E-state index is 0.198. The van der Waals surface area contributed by atoms with Gasteiger partial charge in [0, 0.05) is 49.7 Å². The Kier molecular flexibility index (Phi) is 4.69. The lowest BCUT2D eigenvalue weighted by molar-refractivity contribution is 0.102. The van der Waals surface area contributed by atoms with Crippen LogP contribution in [0.3, 0.4) is 0 Å². The third kappa shape index (κ3) is 3.71. The number of nitrogens with zero attached hydrogens (tertiary/aromatic N) is 3. The summed E-state index contributed by atoms with van der Waals surface area (Å²) >= 11 is 1.36. The summed E-state index contributed by atoms with van der Waals surface area (Å²) in [5.41, 5.74) is 2.47. The first-order valence-electron chi connectivity index (χ1n) is 8.91. The van der Waals surface area contributed by atoms with Crippen molar-refractivity contribution in [3.05, 3.63) is 40.4 Å². The van der Waals surface area contributed by atoms with Gasteiger partial charge in [-0.25, -0.2) is 13.4 Å². The molecule has 1 aromatic heterocycles. The lowest BCUT2D eigenvalue weighted by Crippen LogP contribution is -2.37. The van der Waals surface area contributed by atoms with Gasteiger partial charge in [-0.2, -0.15) is 4.31 Å². The van der Waals surface area contributed by atoms with Crippen molar-refractivity contribution in [2.45, 2.75) is 31.1 Å². The molecule has 0 saturated heterocycles. The molecule has 27 heavy (non-hydrogen) atoms. The lowest BCUT2D eigenvalue weighted by atomic mass is 10.2. The molecule has 9 heteroatoms. The van der Waals surface area contributed by atoms with Gasteiger partial charge in [-0.3, -0.25) is 10.1 Å². The molecule has 0 spiro atoms. The monoisotopic (exact) mass is 406 g/mol. The van der Waals surface area contributed by atoms with Crippen LogP contribution in [0.4, 0.5) is 10.8 Å². The van der Waals surface area contributed by atoms with E-state index in [0.717, 1.165) is 29.1 Å². The summed E-state index contributed by atoms with van der Waals surface area (Å²) < 4.78 is 26.4. The highest BCUT2D eigenvalue weighted by atomic mass is 32.2. The highest BCUT2D eigenvalue weighted by Crippen LogP contribution is 2.35. The number of amides is 1. The average molecular weight is 407 g/mol. The molecule has 1 aliphatic carbocycles. The molecule has 1 N–H and O–H groups in total. The maximum absolute atomic E-state index is 12.5. The number of thiazole rings is 1. The number of benzene rings is 1. The van der Waals surface area contributed by atoms with Crippen molar-refractivity contribution in [2.24, 2.45) is 0 Å². The highest BCUT2D eigenvalue weighted by molar-refractivity contribution is 7.90. The van der Waals surface area contributed by atoms with E-state index in [1.807, 2.05) is 31.1 Å². The van der Waals surface area contributed by atoms with E-state index in [4.69, 9.17) is 0 Å². The number of anilines is 2. The molecule has 2 aliphatic rings. The normalized spacial score (nSPS) is 17.4. The van der Waals surface area contributed by atoms with Crippen molar-refractivity contribution in [2.75, 3.05) is 30.9 Å². The Balaban J connectivity index is 1.45. The fraction of sp³-hybridized carbons (Fsp3) is 0.444. The van der Waals surface area contributed by atoms with Crippen LogP contribution in [0.5, 0.6) is 0 Å². The van der Waals surface area contributed by atoms with Crippen molar-refractivity contribution >= 4 is 38.1 Å². The van der Waals surface area contributed by atoms with E-state index in [0.29, 0.717) is 30.2 Å². The van der Waals surface area contributed by atoms with Gasteiger partial charge in [0.05, 0.1) is 10.9 Å². The second-order valence-corrected chi connectivity index (χ2v) is 10.4. The number of aromatic nitrogens is 1. The standard InChI is InChI=1S/C18H22N4O3S2/c1-21(2)13-5-3-12(4-6-13)17(23)20-18-19-15-9-10-22(11-16(15)26-18)27(24,25)14-7-8-14/h3-6,14H,7-11H2,1-2H3,(H,19,20,23). The Morgan fingerprint density at radius 3 is 2.59 bits per heavy atom. The number of sulfonamides is 1. The highest BCUT2D eigenvalue weighted by Gasteiger charge is 2.41. The molecular formula is C18H22N4O3S2. The van der Waals surface area contributed by atoms with E-state index in [-0.39, 0.29) is 11.2 Å².